The molecule has 2 rings (SSSR count). The minimum absolute atomic E-state index is 0.00598. The lowest BCUT2D eigenvalue weighted by Crippen LogP contribution is -2.24. The molecule has 0 fully saturated rings. The Kier molecular flexibility index (Phi) is 4.96. The minimum atomic E-state index is -1.69. The molecule has 0 amide bonds. The number of rotatable bonds is 3. The molecule has 0 unspecified atom stereocenters. The maximum atomic E-state index is 14.8. The molecule has 7 nitrogen and oxygen atoms in total. The van der Waals surface area contributed by atoms with Crippen LogP contribution in [0.1, 0.15) is 47.1 Å². The number of aromatic carboxylic acids is 2. The molecule has 0 spiro atoms. The smallest absolute Gasteiger partial charge is 0.342 e. The number of nitrogen functional groups attached to an aromatic ring is 1. The van der Waals surface area contributed by atoms with Crippen molar-refractivity contribution in [1.82, 2.24) is 4.98 Å². The number of carbonyl (C=O) groups is 2. The zero-order valence-corrected chi connectivity index (χ0v) is 15.7. The van der Waals surface area contributed by atoms with Gasteiger partial charge in [0.05, 0.1) is 4.47 Å². The number of H-pyrrole nitrogens is 1. The number of carboxylic acids is 2. The fraction of sp³-hybridized carbons (Fsp3) is 0.235. The number of benzene rings is 1. The normalized spacial score (nSPS) is 11.4. The van der Waals surface area contributed by atoms with Gasteiger partial charge in [0.2, 0.25) is 0 Å². The maximum absolute atomic E-state index is 14.8. The second-order valence-corrected chi connectivity index (χ2v) is 7.53. The fourth-order valence-electron chi connectivity index (χ4n) is 2.52. The van der Waals surface area contributed by atoms with Gasteiger partial charge < -0.3 is 20.9 Å². The summed E-state index contributed by atoms with van der Waals surface area (Å²) in [4.78, 5) is 37.3. The third kappa shape index (κ3) is 3.34. The first-order valence-electron chi connectivity index (χ1n) is 7.38. The number of aromatic nitrogens is 1. The number of aromatic amines is 1. The number of carboxylic acid groups (broad SMARTS) is 2. The van der Waals surface area contributed by atoms with Crippen LogP contribution >= 0.6 is 15.9 Å². The predicted molar refractivity (Wildman–Crippen MR) is 97.2 cm³/mol. The van der Waals surface area contributed by atoms with E-state index in [1.807, 2.05) is 25.8 Å². The average molecular weight is 427 g/mol. The van der Waals surface area contributed by atoms with Crippen LogP contribution in [-0.2, 0) is 5.41 Å². The lowest BCUT2D eigenvalue weighted by molar-refractivity contribution is 0.0695. The number of hydrogen-bond acceptors (Lipinski definition) is 4. The number of anilines is 1. The maximum Gasteiger partial charge on any atom is 0.342 e. The molecule has 0 radical (unpaired) electrons. The lowest BCUT2D eigenvalue weighted by atomic mass is 9.84. The van der Waals surface area contributed by atoms with Crippen molar-refractivity contribution in [2.75, 3.05) is 5.73 Å². The van der Waals surface area contributed by atoms with E-state index in [2.05, 4.69) is 15.9 Å². The number of nitrogens with two attached hydrogens (primary N) is 1. The van der Waals surface area contributed by atoms with Gasteiger partial charge in [0.1, 0.15) is 22.8 Å². The molecule has 0 bridgehead atoms. The molecule has 0 atom stereocenters. The Morgan fingerprint density at radius 1 is 1.15 bits per heavy atom. The summed E-state index contributed by atoms with van der Waals surface area (Å²) in [7, 11) is 0. The Balaban J connectivity index is 3.10. The van der Waals surface area contributed by atoms with Crippen molar-refractivity contribution in [2.24, 2.45) is 0 Å². The van der Waals surface area contributed by atoms with E-state index >= 15 is 0 Å². The number of hydrogen-bond donors (Lipinski definition) is 4. The predicted octanol–water partition coefficient (Wildman–Crippen LogP) is 3.22. The molecule has 1 aromatic carbocycles. The molecular weight excluding hydrogens is 411 g/mol. The average Bonchev–Trinajstić information content (AvgIpc) is 2.46. The molecule has 138 valence electrons. The summed E-state index contributed by atoms with van der Waals surface area (Å²) in [6.45, 7) is 5.54. The molecule has 0 saturated heterocycles. The van der Waals surface area contributed by atoms with Gasteiger partial charge in [-0.2, -0.15) is 0 Å². The first-order valence-corrected chi connectivity index (χ1v) is 8.17. The first-order chi connectivity index (χ1) is 11.9. The highest BCUT2D eigenvalue weighted by Gasteiger charge is 2.30. The molecular formula is C17H16BrFN2O5. The SMILES string of the molecule is CC(C)(C)c1cc(Br)c(F)c(-c2c(C(=O)O)c(N)[nH]c(=O)c2C(=O)O)c1. The van der Waals surface area contributed by atoms with Crippen molar-refractivity contribution in [1.29, 1.82) is 0 Å². The third-order valence-corrected chi connectivity index (χ3v) is 4.41. The summed E-state index contributed by atoms with van der Waals surface area (Å²) in [5, 5.41) is 18.9. The molecule has 1 heterocycles. The Morgan fingerprint density at radius 3 is 2.15 bits per heavy atom. The van der Waals surface area contributed by atoms with Gasteiger partial charge in [0.25, 0.3) is 5.56 Å². The quantitative estimate of drug-likeness (QED) is 0.595. The first kappa shape index (κ1) is 19.6. The van der Waals surface area contributed by atoms with Crippen molar-refractivity contribution in [3.8, 4) is 11.1 Å². The van der Waals surface area contributed by atoms with E-state index in [0.29, 0.717) is 5.56 Å². The van der Waals surface area contributed by atoms with E-state index in [1.54, 1.807) is 0 Å². The third-order valence-electron chi connectivity index (χ3n) is 3.84. The lowest BCUT2D eigenvalue weighted by Gasteiger charge is -2.22. The molecule has 0 aliphatic rings. The molecule has 0 aliphatic carbocycles. The van der Waals surface area contributed by atoms with E-state index < -0.39 is 51.2 Å². The summed E-state index contributed by atoms with van der Waals surface area (Å²) in [6, 6.07) is 2.84. The zero-order valence-electron chi connectivity index (χ0n) is 14.1. The van der Waals surface area contributed by atoms with Gasteiger partial charge in [-0.1, -0.05) is 20.8 Å². The Bertz CT molecular complexity index is 992. The topological polar surface area (TPSA) is 133 Å². The zero-order chi connectivity index (χ0) is 20.0. The van der Waals surface area contributed by atoms with Crippen molar-refractivity contribution in [3.63, 3.8) is 0 Å². The highest BCUT2D eigenvalue weighted by molar-refractivity contribution is 9.10. The van der Waals surface area contributed by atoms with Crippen LogP contribution in [0, 0.1) is 5.82 Å². The fourth-order valence-corrected chi connectivity index (χ4v) is 2.98. The van der Waals surface area contributed by atoms with E-state index in [4.69, 9.17) is 5.73 Å². The van der Waals surface area contributed by atoms with E-state index in [-0.39, 0.29) is 10.0 Å². The Labute approximate surface area is 155 Å². The van der Waals surface area contributed by atoms with Gasteiger partial charge in [0.15, 0.2) is 0 Å². The van der Waals surface area contributed by atoms with Gasteiger partial charge in [-0.15, -0.1) is 0 Å². The monoisotopic (exact) mass is 426 g/mol. The van der Waals surface area contributed by atoms with Crippen molar-refractivity contribution < 1.29 is 24.2 Å². The van der Waals surface area contributed by atoms with Crippen molar-refractivity contribution in [3.05, 3.63) is 49.5 Å². The van der Waals surface area contributed by atoms with Crippen LogP contribution in [0.15, 0.2) is 21.4 Å². The largest absolute Gasteiger partial charge is 0.478 e. The summed E-state index contributed by atoms with van der Waals surface area (Å²) in [5.41, 5.74) is 2.12. The van der Waals surface area contributed by atoms with Gasteiger partial charge in [-0.05, 0) is 39.0 Å². The van der Waals surface area contributed by atoms with Crippen LogP contribution in [-0.4, -0.2) is 27.1 Å². The van der Waals surface area contributed by atoms with Crippen LogP contribution in [0.3, 0.4) is 0 Å². The van der Waals surface area contributed by atoms with Gasteiger partial charge in [-0.25, -0.2) is 14.0 Å². The van der Waals surface area contributed by atoms with Gasteiger partial charge >= 0.3 is 11.9 Å². The summed E-state index contributed by atoms with van der Waals surface area (Å²) >= 11 is 3.06. The molecule has 9 heteroatoms. The van der Waals surface area contributed by atoms with Crippen molar-refractivity contribution in [2.45, 2.75) is 26.2 Å². The highest BCUT2D eigenvalue weighted by Crippen LogP contribution is 2.37. The van der Waals surface area contributed by atoms with Crippen LogP contribution in [0.2, 0.25) is 0 Å². The highest BCUT2D eigenvalue weighted by atomic mass is 79.9. The molecule has 5 N–H and O–H groups in total. The number of halogens is 2. The second kappa shape index (κ2) is 6.56. The Morgan fingerprint density at radius 2 is 1.69 bits per heavy atom. The van der Waals surface area contributed by atoms with Gasteiger partial charge in [0, 0.05) is 11.1 Å². The Hall–Kier alpha value is -2.68. The number of nitrogens with one attached hydrogen (secondary N) is 1. The van der Waals surface area contributed by atoms with Crippen LogP contribution in [0.4, 0.5) is 10.2 Å². The summed E-state index contributed by atoms with van der Waals surface area (Å²) in [6.07, 6.45) is 0. The van der Waals surface area contributed by atoms with Crippen LogP contribution in [0.25, 0.3) is 11.1 Å². The molecule has 0 saturated carbocycles. The van der Waals surface area contributed by atoms with Crippen LogP contribution < -0.4 is 11.3 Å². The molecule has 1 aromatic heterocycles. The van der Waals surface area contributed by atoms with E-state index in [1.165, 1.54) is 12.1 Å². The summed E-state index contributed by atoms with van der Waals surface area (Å²) < 4.78 is 14.8. The van der Waals surface area contributed by atoms with Gasteiger partial charge in [-0.3, -0.25) is 4.79 Å². The standard InChI is InChI=1S/C17H16BrFN2O5/c1-17(2,3)6-4-7(12(19)8(18)5-6)9-10(15(23)24)13(20)21-14(22)11(9)16(25)26/h4-5H,1-3H3,(H,23,24)(H,25,26)(H3,20,21,22). The molecule has 26 heavy (non-hydrogen) atoms. The summed E-state index contributed by atoms with van der Waals surface area (Å²) in [5.74, 6) is -4.74. The molecule has 0 aliphatic heterocycles. The van der Waals surface area contributed by atoms with E-state index in [0.717, 1.165) is 0 Å². The molecule has 2 aromatic rings. The van der Waals surface area contributed by atoms with E-state index in [9.17, 15) is 29.0 Å². The second-order valence-electron chi connectivity index (χ2n) is 6.67. The number of pyridine rings is 1. The minimum Gasteiger partial charge on any atom is -0.478 e. The van der Waals surface area contributed by atoms with Crippen molar-refractivity contribution >= 4 is 33.7 Å². The van der Waals surface area contributed by atoms with Crippen LogP contribution in [0.5, 0.6) is 0 Å².